The summed E-state index contributed by atoms with van der Waals surface area (Å²) in [5.41, 5.74) is 0.416. The van der Waals surface area contributed by atoms with Gasteiger partial charge in [-0.1, -0.05) is 13.0 Å². The zero-order valence-electron chi connectivity index (χ0n) is 18.5. The molecule has 0 spiro atoms. The van der Waals surface area contributed by atoms with E-state index in [0.29, 0.717) is 61.7 Å². The fourth-order valence-corrected chi connectivity index (χ4v) is 3.54. The molecular weight excluding hydrogens is 441 g/mol. The van der Waals surface area contributed by atoms with Gasteiger partial charge in [0.2, 0.25) is 5.60 Å². The van der Waals surface area contributed by atoms with E-state index in [-0.39, 0.29) is 5.75 Å². The highest BCUT2D eigenvalue weighted by molar-refractivity contribution is 5.78. The minimum absolute atomic E-state index is 0.130. The first-order chi connectivity index (χ1) is 15.6. The van der Waals surface area contributed by atoms with E-state index in [4.69, 9.17) is 18.9 Å². The summed E-state index contributed by atoms with van der Waals surface area (Å²) in [5, 5.41) is 9.55. The molecule has 0 radical (unpaired) electrons. The summed E-state index contributed by atoms with van der Waals surface area (Å²) in [6.07, 6.45) is -2.39. The predicted octanol–water partition coefficient (Wildman–Crippen LogP) is 5.34. The number of benzene rings is 2. The van der Waals surface area contributed by atoms with Crippen LogP contribution in [0.25, 0.3) is 0 Å². The Kier molecular flexibility index (Phi) is 7.61. The SMILES string of the molecule is CCC1(C(=O)O)CCc2ccc(OCCCOc3ccc(OCC(F)(F)F)cc3C)cc2O1. The number of carbonyl (C=O) groups is 1. The zero-order valence-corrected chi connectivity index (χ0v) is 18.5. The number of ether oxygens (including phenoxy) is 4. The van der Waals surface area contributed by atoms with Gasteiger partial charge in [-0.2, -0.15) is 13.2 Å². The van der Waals surface area contributed by atoms with Crippen molar-refractivity contribution in [3.8, 4) is 23.0 Å². The molecule has 33 heavy (non-hydrogen) atoms. The van der Waals surface area contributed by atoms with Crippen LogP contribution in [0.15, 0.2) is 36.4 Å². The Bertz CT molecular complexity index is 975. The predicted molar refractivity (Wildman–Crippen MR) is 114 cm³/mol. The van der Waals surface area contributed by atoms with Crippen LogP contribution in [0.2, 0.25) is 0 Å². The maximum atomic E-state index is 12.3. The normalized spacial score (nSPS) is 17.6. The van der Waals surface area contributed by atoms with Crippen molar-refractivity contribution in [3.05, 3.63) is 47.5 Å². The second kappa shape index (κ2) is 10.2. The van der Waals surface area contributed by atoms with Crippen LogP contribution in [0.4, 0.5) is 13.2 Å². The molecular formula is C24H27F3O6. The number of halogens is 3. The van der Waals surface area contributed by atoms with Gasteiger partial charge in [-0.15, -0.1) is 0 Å². The summed E-state index contributed by atoms with van der Waals surface area (Å²) < 4.78 is 58.8. The maximum Gasteiger partial charge on any atom is 0.422 e. The Morgan fingerprint density at radius 3 is 2.45 bits per heavy atom. The average molecular weight is 468 g/mol. The lowest BCUT2D eigenvalue weighted by Crippen LogP contribution is -2.46. The molecule has 3 rings (SSSR count). The van der Waals surface area contributed by atoms with Gasteiger partial charge in [0.1, 0.15) is 23.0 Å². The third kappa shape index (κ3) is 6.46. The van der Waals surface area contributed by atoms with Crippen LogP contribution in [-0.2, 0) is 11.2 Å². The maximum absolute atomic E-state index is 12.3. The van der Waals surface area contributed by atoms with E-state index in [1.54, 1.807) is 26.0 Å². The fraction of sp³-hybridized carbons (Fsp3) is 0.458. The molecule has 0 saturated carbocycles. The molecule has 2 aromatic rings. The second-order valence-electron chi connectivity index (χ2n) is 7.91. The number of aliphatic carboxylic acids is 1. The third-order valence-corrected chi connectivity index (χ3v) is 5.47. The van der Waals surface area contributed by atoms with Crippen molar-refractivity contribution in [2.75, 3.05) is 19.8 Å². The lowest BCUT2D eigenvalue weighted by Gasteiger charge is -2.34. The van der Waals surface area contributed by atoms with Crippen LogP contribution in [0.1, 0.15) is 37.3 Å². The minimum atomic E-state index is -4.39. The van der Waals surface area contributed by atoms with Gasteiger partial charge >= 0.3 is 12.1 Å². The lowest BCUT2D eigenvalue weighted by atomic mass is 9.89. The van der Waals surface area contributed by atoms with Gasteiger partial charge in [0.15, 0.2) is 6.61 Å². The minimum Gasteiger partial charge on any atom is -0.493 e. The molecule has 1 aliphatic rings. The van der Waals surface area contributed by atoms with Gasteiger partial charge in [-0.3, -0.25) is 0 Å². The molecule has 0 aromatic heterocycles. The fourth-order valence-electron chi connectivity index (χ4n) is 3.54. The molecule has 0 aliphatic carbocycles. The number of hydrogen-bond donors (Lipinski definition) is 1. The average Bonchev–Trinajstić information content (AvgIpc) is 2.77. The molecule has 0 fully saturated rings. The van der Waals surface area contributed by atoms with E-state index < -0.39 is 24.4 Å². The van der Waals surface area contributed by atoms with E-state index in [9.17, 15) is 23.1 Å². The number of carboxylic acids is 1. The highest BCUT2D eigenvalue weighted by Gasteiger charge is 2.42. The topological polar surface area (TPSA) is 74.2 Å². The van der Waals surface area contributed by atoms with Crippen LogP contribution >= 0.6 is 0 Å². The highest BCUT2D eigenvalue weighted by atomic mass is 19.4. The number of rotatable bonds is 10. The molecule has 1 unspecified atom stereocenters. The molecule has 0 bridgehead atoms. The number of alkyl halides is 3. The van der Waals surface area contributed by atoms with Crippen LogP contribution in [0.3, 0.4) is 0 Å². The molecule has 2 aromatic carbocycles. The summed E-state index contributed by atoms with van der Waals surface area (Å²) in [7, 11) is 0. The molecule has 6 nitrogen and oxygen atoms in total. The monoisotopic (exact) mass is 468 g/mol. The lowest BCUT2D eigenvalue weighted by molar-refractivity contribution is -0.157. The van der Waals surface area contributed by atoms with Crippen LogP contribution in [-0.4, -0.2) is 42.7 Å². The van der Waals surface area contributed by atoms with Gasteiger partial charge in [0.05, 0.1) is 13.2 Å². The first-order valence-corrected chi connectivity index (χ1v) is 10.7. The number of carboxylic acid groups (broad SMARTS) is 1. The van der Waals surface area contributed by atoms with E-state index in [1.165, 1.54) is 12.1 Å². The highest BCUT2D eigenvalue weighted by Crippen LogP contribution is 2.37. The Balaban J connectivity index is 1.46. The van der Waals surface area contributed by atoms with Gasteiger partial charge in [0, 0.05) is 18.9 Å². The van der Waals surface area contributed by atoms with E-state index >= 15 is 0 Å². The Hall–Kier alpha value is -3.10. The van der Waals surface area contributed by atoms with Crippen LogP contribution in [0, 0.1) is 6.92 Å². The van der Waals surface area contributed by atoms with Crippen molar-refractivity contribution in [1.29, 1.82) is 0 Å². The summed E-state index contributed by atoms with van der Waals surface area (Å²) in [4.78, 5) is 11.7. The van der Waals surface area contributed by atoms with Gasteiger partial charge in [-0.25, -0.2) is 4.79 Å². The van der Waals surface area contributed by atoms with Crippen molar-refractivity contribution >= 4 is 5.97 Å². The molecule has 1 aliphatic heterocycles. The number of fused-ring (bicyclic) bond motifs is 1. The van der Waals surface area contributed by atoms with Crippen molar-refractivity contribution < 1.29 is 42.0 Å². The van der Waals surface area contributed by atoms with Crippen LogP contribution < -0.4 is 18.9 Å². The van der Waals surface area contributed by atoms with Gasteiger partial charge in [0.25, 0.3) is 0 Å². The van der Waals surface area contributed by atoms with Crippen molar-refractivity contribution in [3.63, 3.8) is 0 Å². The van der Waals surface area contributed by atoms with Crippen molar-refractivity contribution in [1.82, 2.24) is 0 Å². The summed E-state index contributed by atoms with van der Waals surface area (Å²) in [6, 6.07) is 9.93. The Morgan fingerprint density at radius 1 is 1.09 bits per heavy atom. The Labute approximate surface area is 190 Å². The van der Waals surface area contributed by atoms with E-state index in [1.807, 2.05) is 12.1 Å². The number of aryl methyl sites for hydroxylation is 2. The summed E-state index contributed by atoms with van der Waals surface area (Å²) in [5.74, 6) is 0.830. The quantitative estimate of drug-likeness (QED) is 0.475. The molecule has 1 heterocycles. The molecule has 1 atom stereocenters. The summed E-state index contributed by atoms with van der Waals surface area (Å²) >= 11 is 0. The molecule has 1 N–H and O–H groups in total. The molecule has 0 saturated heterocycles. The van der Waals surface area contributed by atoms with Crippen LogP contribution in [0.5, 0.6) is 23.0 Å². The van der Waals surface area contributed by atoms with Gasteiger partial charge < -0.3 is 24.1 Å². The first-order valence-electron chi connectivity index (χ1n) is 10.7. The number of hydrogen-bond acceptors (Lipinski definition) is 5. The largest absolute Gasteiger partial charge is 0.493 e. The zero-order chi connectivity index (χ0) is 24.1. The second-order valence-corrected chi connectivity index (χ2v) is 7.91. The molecule has 9 heteroatoms. The Morgan fingerprint density at radius 2 is 1.79 bits per heavy atom. The first kappa shape index (κ1) is 24.5. The molecule has 0 amide bonds. The van der Waals surface area contributed by atoms with Crippen molar-refractivity contribution in [2.24, 2.45) is 0 Å². The van der Waals surface area contributed by atoms with E-state index in [2.05, 4.69) is 0 Å². The molecule has 180 valence electrons. The third-order valence-electron chi connectivity index (χ3n) is 5.47. The van der Waals surface area contributed by atoms with E-state index in [0.717, 1.165) is 5.56 Å². The van der Waals surface area contributed by atoms with Gasteiger partial charge in [-0.05, 0) is 55.2 Å². The summed E-state index contributed by atoms with van der Waals surface area (Å²) in [6.45, 7) is 2.90. The standard InChI is InChI=1S/C24H27F3O6/c1-3-23(22(28)29)10-9-17-5-6-19(14-21(17)33-23)30-11-4-12-31-20-8-7-18(13-16(20)2)32-15-24(25,26)27/h5-8,13-14H,3-4,9-12,15H2,1-2H3,(H,28,29). The smallest absolute Gasteiger partial charge is 0.422 e. The van der Waals surface area contributed by atoms with Crippen molar-refractivity contribution in [2.45, 2.75) is 51.3 Å².